The Morgan fingerprint density at radius 1 is 1.38 bits per heavy atom. The number of hydrogen-bond acceptors (Lipinski definition) is 4. The topological polar surface area (TPSA) is 64.8 Å². The number of rotatable bonds is 4. The maximum absolute atomic E-state index is 12.1. The number of carbonyl (C=O) groups excluding carboxylic acids is 1. The van der Waals surface area contributed by atoms with Crippen LogP contribution in [0.2, 0.25) is 0 Å². The summed E-state index contributed by atoms with van der Waals surface area (Å²) in [5, 5.41) is 0.953. The fourth-order valence-electron chi connectivity index (χ4n) is 1.63. The van der Waals surface area contributed by atoms with Gasteiger partial charge in [-0.25, -0.2) is 15.6 Å². The van der Waals surface area contributed by atoms with E-state index in [1.807, 2.05) is 6.07 Å². The van der Waals surface area contributed by atoms with E-state index in [0.717, 1.165) is 10.6 Å². The summed E-state index contributed by atoms with van der Waals surface area (Å²) in [5.74, 6) is 6.35. The lowest BCUT2D eigenvalue weighted by molar-refractivity contribution is 0.0580. The van der Waals surface area contributed by atoms with Gasteiger partial charge in [0.25, 0.3) is 0 Å². The Balaban J connectivity index is 3.17. The van der Waals surface area contributed by atoms with E-state index in [9.17, 15) is 4.79 Å². The van der Waals surface area contributed by atoms with Crippen molar-refractivity contribution in [2.45, 2.75) is 26.4 Å². The number of benzene rings is 1. The van der Waals surface area contributed by atoms with Gasteiger partial charge in [0.2, 0.25) is 0 Å². The number of anilines is 1. The third kappa shape index (κ3) is 4.36. The lowest BCUT2D eigenvalue weighted by atomic mass is 10.1. The zero-order valence-corrected chi connectivity index (χ0v) is 13.0. The monoisotopic (exact) mass is 290 g/mol. The molecule has 0 aliphatic rings. The molecule has 0 aliphatic heterocycles. The van der Waals surface area contributed by atoms with Gasteiger partial charge in [-0.3, -0.25) is 0 Å². The highest BCUT2D eigenvalue weighted by Gasteiger charge is 2.22. The SMILES string of the molecule is C=Cc1ccc(C(=C)OC)cc1N(N)C(=O)OC(C)(C)C. The van der Waals surface area contributed by atoms with E-state index < -0.39 is 11.7 Å². The second-order valence-corrected chi connectivity index (χ2v) is 5.46. The van der Waals surface area contributed by atoms with Crippen molar-refractivity contribution in [1.29, 1.82) is 0 Å². The Labute approximate surface area is 125 Å². The number of hydrogen-bond donors (Lipinski definition) is 1. The molecule has 1 aromatic rings. The molecule has 0 unspecified atom stereocenters. The zero-order chi connectivity index (χ0) is 16.2. The van der Waals surface area contributed by atoms with Crippen LogP contribution in [0.5, 0.6) is 0 Å². The average Bonchev–Trinajstić information content (AvgIpc) is 2.43. The molecule has 5 nitrogen and oxygen atoms in total. The summed E-state index contributed by atoms with van der Waals surface area (Å²) in [4.78, 5) is 12.1. The second kappa shape index (κ2) is 6.45. The molecule has 1 rings (SSSR count). The maximum atomic E-state index is 12.1. The molecular weight excluding hydrogens is 268 g/mol. The summed E-state index contributed by atoms with van der Waals surface area (Å²) in [6.45, 7) is 12.8. The smallest absolute Gasteiger partial charge is 0.429 e. The van der Waals surface area contributed by atoms with Gasteiger partial charge in [0.1, 0.15) is 11.4 Å². The minimum absolute atomic E-state index is 0.468. The molecular formula is C16H22N2O3. The van der Waals surface area contributed by atoms with Crippen LogP contribution in [-0.2, 0) is 9.47 Å². The molecule has 5 heteroatoms. The molecule has 0 radical (unpaired) electrons. The highest BCUT2D eigenvalue weighted by molar-refractivity contribution is 5.90. The standard InChI is InChI=1S/C16H22N2O3/c1-7-12-8-9-13(11(2)20-6)10-14(12)18(17)15(19)21-16(3,4)5/h7-10H,1-2,17H2,3-6H3. The van der Waals surface area contributed by atoms with Crippen molar-refractivity contribution in [2.75, 3.05) is 12.1 Å². The number of amides is 1. The fourth-order valence-corrected chi connectivity index (χ4v) is 1.63. The molecule has 0 spiro atoms. The Morgan fingerprint density at radius 3 is 2.48 bits per heavy atom. The fraction of sp³-hybridized carbons (Fsp3) is 0.312. The number of nitrogens with two attached hydrogens (primary N) is 1. The highest BCUT2D eigenvalue weighted by atomic mass is 16.6. The molecule has 114 valence electrons. The molecule has 21 heavy (non-hydrogen) atoms. The quantitative estimate of drug-likeness (QED) is 0.398. The second-order valence-electron chi connectivity index (χ2n) is 5.46. The third-order valence-corrected chi connectivity index (χ3v) is 2.67. The molecule has 0 bridgehead atoms. The Hall–Kier alpha value is -2.27. The van der Waals surface area contributed by atoms with Gasteiger partial charge >= 0.3 is 6.09 Å². The van der Waals surface area contributed by atoms with E-state index >= 15 is 0 Å². The van der Waals surface area contributed by atoms with Crippen LogP contribution in [0.1, 0.15) is 31.9 Å². The van der Waals surface area contributed by atoms with Gasteiger partial charge in [-0.15, -0.1) is 0 Å². The van der Waals surface area contributed by atoms with Gasteiger partial charge in [-0.05, 0) is 32.4 Å². The summed E-state index contributed by atoms with van der Waals surface area (Å²) < 4.78 is 10.3. The molecule has 0 saturated heterocycles. The van der Waals surface area contributed by atoms with E-state index in [0.29, 0.717) is 17.0 Å². The van der Waals surface area contributed by atoms with Crippen LogP contribution < -0.4 is 10.9 Å². The van der Waals surface area contributed by atoms with E-state index in [1.54, 1.807) is 39.0 Å². The summed E-state index contributed by atoms with van der Waals surface area (Å²) in [6, 6.07) is 5.30. The van der Waals surface area contributed by atoms with Crippen molar-refractivity contribution in [3.05, 3.63) is 42.5 Å². The van der Waals surface area contributed by atoms with Crippen molar-refractivity contribution < 1.29 is 14.3 Å². The largest absolute Gasteiger partial charge is 0.497 e. The van der Waals surface area contributed by atoms with E-state index in [4.69, 9.17) is 15.3 Å². The van der Waals surface area contributed by atoms with E-state index in [2.05, 4.69) is 13.2 Å². The molecule has 0 fully saturated rings. The number of carbonyl (C=O) groups is 1. The summed E-state index contributed by atoms with van der Waals surface area (Å²) in [6.07, 6.45) is 0.963. The average molecular weight is 290 g/mol. The predicted molar refractivity (Wildman–Crippen MR) is 85.5 cm³/mol. The molecule has 0 aliphatic carbocycles. The number of methoxy groups -OCH3 is 1. The minimum Gasteiger partial charge on any atom is -0.497 e. The predicted octanol–water partition coefficient (Wildman–Crippen LogP) is 3.56. The molecule has 0 aromatic heterocycles. The lowest BCUT2D eigenvalue weighted by Crippen LogP contribution is -2.42. The lowest BCUT2D eigenvalue weighted by Gasteiger charge is -2.25. The maximum Gasteiger partial charge on any atom is 0.429 e. The van der Waals surface area contributed by atoms with Crippen LogP contribution in [0.4, 0.5) is 10.5 Å². The van der Waals surface area contributed by atoms with Crippen molar-refractivity contribution >= 4 is 23.6 Å². The van der Waals surface area contributed by atoms with Crippen LogP contribution in [0.3, 0.4) is 0 Å². The molecule has 0 heterocycles. The van der Waals surface area contributed by atoms with Gasteiger partial charge in [-0.1, -0.05) is 31.4 Å². The number of ether oxygens (including phenoxy) is 2. The first-order chi connectivity index (χ1) is 9.69. The first-order valence-electron chi connectivity index (χ1n) is 6.47. The van der Waals surface area contributed by atoms with Crippen molar-refractivity contribution in [2.24, 2.45) is 5.84 Å². The van der Waals surface area contributed by atoms with Crippen molar-refractivity contribution in [1.82, 2.24) is 0 Å². The zero-order valence-electron chi connectivity index (χ0n) is 13.0. The first kappa shape index (κ1) is 16.8. The van der Waals surface area contributed by atoms with Gasteiger partial charge in [0.05, 0.1) is 12.8 Å². The normalized spacial score (nSPS) is 10.7. The van der Waals surface area contributed by atoms with Crippen LogP contribution in [0, 0.1) is 0 Å². The molecule has 0 saturated carbocycles. The van der Waals surface area contributed by atoms with Gasteiger partial charge in [0.15, 0.2) is 0 Å². The highest BCUT2D eigenvalue weighted by Crippen LogP contribution is 2.26. The van der Waals surface area contributed by atoms with E-state index in [-0.39, 0.29) is 0 Å². The Bertz CT molecular complexity index is 559. The number of nitrogens with zero attached hydrogens (tertiary/aromatic N) is 1. The summed E-state index contributed by atoms with van der Waals surface area (Å²) >= 11 is 0. The van der Waals surface area contributed by atoms with Crippen molar-refractivity contribution in [3.8, 4) is 0 Å². The van der Waals surface area contributed by atoms with E-state index in [1.165, 1.54) is 7.11 Å². The molecule has 1 aromatic carbocycles. The summed E-state index contributed by atoms with van der Waals surface area (Å²) in [5.41, 5.74) is 1.26. The summed E-state index contributed by atoms with van der Waals surface area (Å²) in [7, 11) is 1.53. The first-order valence-corrected chi connectivity index (χ1v) is 6.47. The molecule has 1 amide bonds. The molecule has 0 atom stereocenters. The molecule has 2 N–H and O–H groups in total. The number of hydrazine groups is 1. The van der Waals surface area contributed by atoms with Crippen LogP contribution >= 0.6 is 0 Å². The van der Waals surface area contributed by atoms with Gasteiger partial charge in [0, 0.05) is 5.56 Å². The van der Waals surface area contributed by atoms with Crippen molar-refractivity contribution in [3.63, 3.8) is 0 Å². The van der Waals surface area contributed by atoms with Gasteiger partial charge in [-0.2, -0.15) is 0 Å². The Morgan fingerprint density at radius 2 is 2.00 bits per heavy atom. The van der Waals surface area contributed by atoms with Gasteiger partial charge < -0.3 is 9.47 Å². The van der Waals surface area contributed by atoms with Crippen LogP contribution in [0.25, 0.3) is 11.8 Å². The van der Waals surface area contributed by atoms with Crippen LogP contribution in [-0.4, -0.2) is 18.8 Å². The Kier molecular flexibility index (Phi) is 5.16. The van der Waals surface area contributed by atoms with Crippen LogP contribution in [0.15, 0.2) is 31.4 Å². The third-order valence-electron chi connectivity index (χ3n) is 2.67. The minimum atomic E-state index is -0.647.